The fourth-order valence-corrected chi connectivity index (χ4v) is 2.99. The van der Waals surface area contributed by atoms with E-state index in [1.807, 2.05) is 30.3 Å². The monoisotopic (exact) mass is 292 g/mol. The lowest BCUT2D eigenvalue weighted by molar-refractivity contribution is 0.544. The predicted molar refractivity (Wildman–Crippen MR) is 83.4 cm³/mol. The maximum atomic E-state index is 6.02. The van der Waals surface area contributed by atoms with Crippen molar-refractivity contribution in [3.63, 3.8) is 0 Å². The fraction of sp³-hybridized carbons (Fsp3) is 0.200. The van der Waals surface area contributed by atoms with Crippen LogP contribution < -0.4 is 11.3 Å². The van der Waals surface area contributed by atoms with Crippen molar-refractivity contribution in [2.75, 3.05) is 6.26 Å². The number of hydrazine groups is 1. The second-order valence-corrected chi connectivity index (χ2v) is 5.58. The first-order valence-corrected chi connectivity index (χ1v) is 7.68. The summed E-state index contributed by atoms with van der Waals surface area (Å²) in [6.45, 7) is 0. The molecule has 2 aromatic rings. The summed E-state index contributed by atoms with van der Waals surface area (Å²) < 4.78 is 0. The number of benzene rings is 2. The number of rotatable bonds is 5. The molecule has 2 aromatic carbocycles. The summed E-state index contributed by atoms with van der Waals surface area (Å²) in [6.07, 6.45) is 2.89. The van der Waals surface area contributed by atoms with Crippen molar-refractivity contribution in [2.24, 2.45) is 5.84 Å². The molecular weight excluding hydrogens is 276 g/mol. The topological polar surface area (TPSA) is 38.0 Å². The Hall–Kier alpha value is -1.00. The van der Waals surface area contributed by atoms with E-state index in [0.717, 1.165) is 11.4 Å². The van der Waals surface area contributed by atoms with E-state index in [9.17, 15) is 0 Å². The van der Waals surface area contributed by atoms with Gasteiger partial charge in [0.05, 0.1) is 6.04 Å². The van der Waals surface area contributed by atoms with E-state index in [-0.39, 0.29) is 6.04 Å². The second kappa shape index (κ2) is 6.96. The molecular formula is C15H17ClN2S. The van der Waals surface area contributed by atoms with Gasteiger partial charge in [-0.25, -0.2) is 0 Å². The summed E-state index contributed by atoms with van der Waals surface area (Å²) in [7, 11) is 0. The predicted octanol–water partition coefficient (Wildman–Crippen LogP) is 3.81. The molecule has 1 unspecified atom stereocenters. The van der Waals surface area contributed by atoms with Gasteiger partial charge in [0.2, 0.25) is 0 Å². The second-order valence-electron chi connectivity index (χ2n) is 4.30. The van der Waals surface area contributed by atoms with Crippen LogP contribution in [-0.4, -0.2) is 6.26 Å². The number of halogens is 1. The van der Waals surface area contributed by atoms with E-state index in [2.05, 4.69) is 29.9 Å². The lowest BCUT2D eigenvalue weighted by Gasteiger charge is -2.19. The zero-order valence-electron chi connectivity index (χ0n) is 10.8. The SMILES string of the molecule is CSc1ccccc1C(Cc1cccc(Cl)c1)NN. The largest absolute Gasteiger partial charge is 0.271 e. The van der Waals surface area contributed by atoms with Crippen LogP contribution in [0.4, 0.5) is 0 Å². The molecule has 19 heavy (non-hydrogen) atoms. The molecule has 100 valence electrons. The van der Waals surface area contributed by atoms with Gasteiger partial charge < -0.3 is 0 Å². The van der Waals surface area contributed by atoms with E-state index in [0.29, 0.717) is 0 Å². The smallest absolute Gasteiger partial charge is 0.0511 e. The summed E-state index contributed by atoms with van der Waals surface area (Å²) >= 11 is 7.75. The molecule has 0 radical (unpaired) electrons. The summed E-state index contributed by atoms with van der Waals surface area (Å²) in [5.41, 5.74) is 5.30. The molecule has 4 heteroatoms. The van der Waals surface area contributed by atoms with Crippen molar-refractivity contribution >= 4 is 23.4 Å². The van der Waals surface area contributed by atoms with Crippen molar-refractivity contribution < 1.29 is 0 Å². The number of nitrogens with one attached hydrogen (secondary N) is 1. The van der Waals surface area contributed by atoms with Crippen LogP contribution in [-0.2, 0) is 6.42 Å². The van der Waals surface area contributed by atoms with Gasteiger partial charge in [-0.15, -0.1) is 11.8 Å². The van der Waals surface area contributed by atoms with Crippen LogP contribution in [0.2, 0.25) is 5.02 Å². The third-order valence-electron chi connectivity index (χ3n) is 3.04. The Labute approximate surface area is 123 Å². The molecule has 3 N–H and O–H groups in total. The first-order chi connectivity index (χ1) is 9.24. The van der Waals surface area contributed by atoms with Crippen molar-refractivity contribution in [1.29, 1.82) is 0 Å². The Morgan fingerprint density at radius 3 is 2.68 bits per heavy atom. The quantitative estimate of drug-likeness (QED) is 0.500. The van der Waals surface area contributed by atoms with Gasteiger partial charge in [0.25, 0.3) is 0 Å². The minimum atomic E-state index is 0.0853. The molecule has 0 bridgehead atoms. The summed E-state index contributed by atoms with van der Waals surface area (Å²) in [4.78, 5) is 1.24. The number of hydrogen-bond acceptors (Lipinski definition) is 3. The average Bonchev–Trinajstić information content (AvgIpc) is 2.45. The van der Waals surface area contributed by atoms with Crippen molar-refractivity contribution in [1.82, 2.24) is 5.43 Å². The first-order valence-electron chi connectivity index (χ1n) is 6.08. The Kier molecular flexibility index (Phi) is 5.28. The molecule has 1 atom stereocenters. The fourth-order valence-electron chi connectivity index (χ4n) is 2.11. The number of nitrogens with two attached hydrogens (primary N) is 1. The Morgan fingerprint density at radius 2 is 2.00 bits per heavy atom. The summed E-state index contributed by atoms with van der Waals surface area (Å²) in [5, 5.41) is 0.756. The molecule has 0 heterocycles. The molecule has 2 nitrogen and oxygen atoms in total. The van der Waals surface area contributed by atoms with Gasteiger partial charge in [-0.2, -0.15) is 0 Å². The lowest BCUT2D eigenvalue weighted by Crippen LogP contribution is -2.30. The molecule has 2 rings (SSSR count). The van der Waals surface area contributed by atoms with Crippen LogP contribution in [0.15, 0.2) is 53.4 Å². The Balaban J connectivity index is 2.25. The van der Waals surface area contributed by atoms with Gasteiger partial charge in [0.1, 0.15) is 0 Å². The summed E-state index contributed by atoms with van der Waals surface area (Å²) in [6, 6.07) is 16.3. The first kappa shape index (κ1) is 14.4. The van der Waals surface area contributed by atoms with Gasteiger partial charge >= 0.3 is 0 Å². The van der Waals surface area contributed by atoms with E-state index in [1.165, 1.54) is 16.0 Å². The third-order valence-corrected chi connectivity index (χ3v) is 4.09. The molecule has 0 spiro atoms. The van der Waals surface area contributed by atoms with Crippen LogP contribution in [0.5, 0.6) is 0 Å². The van der Waals surface area contributed by atoms with E-state index < -0.39 is 0 Å². The van der Waals surface area contributed by atoms with Crippen molar-refractivity contribution in [2.45, 2.75) is 17.4 Å². The van der Waals surface area contributed by atoms with Crippen LogP contribution in [0.3, 0.4) is 0 Å². The molecule has 0 saturated heterocycles. The number of thioether (sulfide) groups is 1. The Morgan fingerprint density at radius 1 is 1.21 bits per heavy atom. The molecule has 0 fully saturated rings. The number of hydrogen-bond donors (Lipinski definition) is 2. The summed E-state index contributed by atoms with van der Waals surface area (Å²) in [5.74, 6) is 5.72. The third kappa shape index (κ3) is 3.74. The maximum Gasteiger partial charge on any atom is 0.0511 e. The van der Waals surface area contributed by atoms with Gasteiger partial charge in [-0.3, -0.25) is 11.3 Å². The zero-order chi connectivity index (χ0) is 13.7. The zero-order valence-corrected chi connectivity index (χ0v) is 12.3. The van der Waals surface area contributed by atoms with Gasteiger partial charge in [-0.1, -0.05) is 41.9 Å². The molecule has 0 saturated carbocycles. The van der Waals surface area contributed by atoms with Crippen molar-refractivity contribution in [3.8, 4) is 0 Å². The highest BCUT2D eigenvalue weighted by Gasteiger charge is 2.14. The minimum absolute atomic E-state index is 0.0853. The molecule has 0 amide bonds. The lowest BCUT2D eigenvalue weighted by atomic mass is 9.99. The van der Waals surface area contributed by atoms with Gasteiger partial charge in [0, 0.05) is 9.92 Å². The van der Waals surface area contributed by atoms with Crippen LogP contribution in [0.25, 0.3) is 0 Å². The Bertz CT molecular complexity index is 545. The molecule has 0 aliphatic rings. The van der Waals surface area contributed by atoms with E-state index >= 15 is 0 Å². The highest BCUT2D eigenvalue weighted by atomic mass is 35.5. The highest BCUT2D eigenvalue weighted by molar-refractivity contribution is 7.98. The standard InChI is InChI=1S/C15H17ClN2S/c1-19-15-8-3-2-7-13(15)14(18-17)10-11-5-4-6-12(16)9-11/h2-9,14,18H,10,17H2,1H3. The van der Waals surface area contributed by atoms with Gasteiger partial charge in [0.15, 0.2) is 0 Å². The van der Waals surface area contributed by atoms with Crippen LogP contribution in [0, 0.1) is 0 Å². The average molecular weight is 293 g/mol. The van der Waals surface area contributed by atoms with Crippen LogP contribution >= 0.6 is 23.4 Å². The van der Waals surface area contributed by atoms with Crippen LogP contribution in [0.1, 0.15) is 17.2 Å². The molecule has 0 aliphatic carbocycles. The van der Waals surface area contributed by atoms with Crippen molar-refractivity contribution in [3.05, 3.63) is 64.7 Å². The highest BCUT2D eigenvalue weighted by Crippen LogP contribution is 2.28. The van der Waals surface area contributed by atoms with E-state index in [1.54, 1.807) is 11.8 Å². The van der Waals surface area contributed by atoms with E-state index in [4.69, 9.17) is 17.4 Å². The molecule has 0 aromatic heterocycles. The van der Waals surface area contributed by atoms with Gasteiger partial charge in [-0.05, 0) is 42.0 Å². The normalized spacial score (nSPS) is 12.4. The molecule has 0 aliphatic heterocycles. The minimum Gasteiger partial charge on any atom is -0.271 e. The maximum absolute atomic E-state index is 6.02.